The quantitative estimate of drug-likeness (QED) is 0.753. The molecular weight excluding hydrogens is 364 g/mol. The van der Waals surface area contributed by atoms with E-state index in [-0.39, 0.29) is 5.91 Å². The zero-order chi connectivity index (χ0) is 21.0. The SMILES string of the molecule is CC(C)c1cccc(C(C)C)c1Nc1ccc(C(=O)N2CCN(C=O)CC2)nc1. The summed E-state index contributed by atoms with van der Waals surface area (Å²) in [6.45, 7) is 11.0. The monoisotopic (exact) mass is 394 g/mol. The van der Waals surface area contributed by atoms with Crippen LogP contribution in [0, 0.1) is 0 Å². The number of aromatic nitrogens is 1. The van der Waals surface area contributed by atoms with Crippen LogP contribution < -0.4 is 5.32 Å². The number of para-hydroxylation sites is 1. The predicted molar refractivity (Wildman–Crippen MR) is 116 cm³/mol. The van der Waals surface area contributed by atoms with Crippen LogP contribution in [0.15, 0.2) is 36.5 Å². The van der Waals surface area contributed by atoms with Crippen molar-refractivity contribution in [3.05, 3.63) is 53.3 Å². The molecular formula is C23H30N4O2. The predicted octanol–water partition coefficient (Wildman–Crippen LogP) is 3.99. The van der Waals surface area contributed by atoms with Crippen LogP contribution >= 0.6 is 0 Å². The van der Waals surface area contributed by atoms with E-state index < -0.39 is 0 Å². The minimum Gasteiger partial charge on any atom is -0.354 e. The van der Waals surface area contributed by atoms with Gasteiger partial charge in [0.05, 0.1) is 11.9 Å². The highest BCUT2D eigenvalue weighted by Crippen LogP contribution is 2.34. The van der Waals surface area contributed by atoms with Gasteiger partial charge in [0, 0.05) is 31.9 Å². The minimum atomic E-state index is -0.0902. The molecule has 0 bridgehead atoms. The van der Waals surface area contributed by atoms with Crippen molar-refractivity contribution in [3.63, 3.8) is 0 Å². The Hall–Kier alpha value is -2.89. The Bertz CT molecular complexity index is 827. The number of rotatable bonds is 6. The van der Waals surface area contributed by atoms with E-state index in [0.29, 0.717) is 43.7 Å². The maximum Gasteiger partial charge on any atom is 0.272 e. The Morgan fingerprint density at radius 3 is 2.10 bits per heavy atom. The summed E-state index contributed by atoms with van der Waals surface area (Å²) in [5, 5.41) is 3.53. The first-order valence-corrected chi connectivity index (χ1v) is 10.2. The first-order chi connectivity index (χ1) is 13.9. The smallest absolute Gasteiger partial charge is 0.272 e. The molecule has 154 valence electrons. The van der Waals surface area contributed by atoms with Gasteiger partial charge in [-0.1, -0.05) is 45.9 Å². The van der Waals surface area contributed by atoms with Crippen LogP contribution in [-0.4, -0.2) is 53.3 Å². The van der Waals surface area contributed by atoms with Gasteiger partial charge >= 0.3 is 0 Å². The lowest BCUT2D eigenvalue weighted by atomic mass is 9.92. The highest BCUT2D eigenvalue weighted by Gasteiger charge is 2.22. The second-order valence-corrected chi connectivity index (χ2v) is 8.11. The van der Waals surface area contributed by atoms with Gasteiger partial charge in [0.15, 0.2) is 0 Å². The van der Waals surface area contributed by atoms with Gasteiger partial charge in [0.25, 0.3) is 5.91 Å². The third kappa shape index (κ3) is 4.75. The van der Waals surface area contributed by atoms with E-state index in [0.717, 1.165) is 17.8 Å². The average Bonchev–Trinajstić information content (AvgIpc) is 2.73. The fourth-order valence-electron chi connectivity index (χ4n) is 3.63. The minimum absolute atomic E-state index is 0.0902. The number of anilines is 2. The van der Waals surface area contributed by atoms with Gasteiger partial charge in [0.2, 0.25) is 6.41 Å². The Kier molecular flexibility index (Phi) is 6.52. The maximum atomic E-state index is 12.7. The van der Waals surface area contributed by atoms with Crippen LogP contribution in [0.4, 0.5) is 11.4 Å². The topological polar surface area (TPSA) is 65.5 Å². The number of amides is 2. The molecule has 1 saturated heterocycles. The number of piperazine rings is 1. The van der Waals surface area contributed by atoms with Crippen molar-refractivity contribution in [3.8, 4) is 0 Å². The fourth-order valence-corrected chi connectivity index (χ4v) is 3.63. The summed E-state index contributed by atoms with van der Waals surface area (Å²) in [7, 11) is 0. The summed E-state index contributed by atoms with van der Waals surface area (Å²) >= 11 is 0. The van der Waals surface area contributed by atoms with Crippen molar-refractivity contribution in [2.24, 2.45) is 0 Å². The fraction of sp³-hybridized carbons (Fsp3) is 0.435. The molecule has 1 aliphatic heterocycles. The van der Waals surface area contributed by atoms with E-state index in [1.165, 1.54) is 11.1 Å². The Morgan fingerprint density at radius 1 is 1.00 bits per heavy atom. The third-order valence-corrected chi connectivity index (χ3v) is 5.38. The lowest BCUT2D eigenvalue weighted by Crippen LogP contribution is -2.48. The van der Waals surface area contributed by atoms with Crippen molar-refractivity contribution in [1.29, 1.82) is 0 Å². The van der Waals surface area contributed by atoms with Crippen LogP contribution in [0.1, 0.15) is 61.1 Å². The van der Waals surface area contributed by atoms with Crippen molar-refractivity contribution in [1.82, 2.24) is 14.8 Å². The van der Waals surface area contributed by atoms with Crippen molar-refractivity contribution < 1.29 is 9.59 Å². The molecule has 0 unspecified atom stereocenters. The molecule has 1 N–H and O–H groups in total. The summed E-state index contributed by atoms with van der Waals surface area (Å²) in [5.74, 6) is 0.706. The molecule has 1 fully saturated rings. The Labute approximate surface area is 172 Å². The summed E-state index contributed by atoms with van der Waals surface area (Å²) < 4.78 is 0. The maximum absolute atomic E-state index is 12.7. The van der Waals surface area contributed by atoms with Crippen LogP contribution in [0.25, 0.3) is 0 Å². The van der Waals surface area contributed by atoms with Crippen molar-refractivity contribution in [2.75, 3.05) is 31.5 Å². The number of nitrogens with one attached hydrogen (secondary N) is 1. The average molecular weight is 395 g/mol. The number of benzene rings is 1. The lowest BCUT2D eigenvalue weighted by molar-refractivity contribution is -0.119. The number of nitrogens with zero attached hydrogens (tertiary/aromatic N) is 3. The number of carbonyl (C=O) groups excluding carboxylic acids is 2. The van der Waals surface area contributed by atoms with E-state index >= 15 is 0 Å². The van der Waals surface area contributed by atoms with E-state index in [9.17, 15) is 9.59 Å². The summed E-state index contributed by atoms with van der Waals surface area (Å²) in [6, 6.07) is 10.1. The van der Waals surface area contributed by atoms with Gasteiger partial charge in [0.1, 0.15) is 5.69 Å². The molecule has 6 nitrogen and oxygen atoms in total. The first kappa shape index (κ1) is 20.8. The molecule has 1 aromatic carbocycles. The van der Waals surface area contributed by atoms with Gasteiger partial charge in [-0.3, -0.25) is 9.59 Å². The van der Waals surface area contributed by atoms with Crippen LogP contribution in [0.3, 0.4) is 0 Å². The Balaban J connectivity index is 1.76. The molecule has 0 spiro atoms. The van der Waals surface area contributed by atoms with Crippen molar-refractivity contribution in [2.45, 2.75) is 39.5 Å². The summed E-state index contributed by atoms with van der Waals surface area (Å²) in [4.78, 5) is 31.4. The summed E-state index contributed by atoms with van der Waals surface area (Å²) in [5.41, 5.74) is 4.95. The number of hydrogen-bond donors (Lipinski definition) is 1. The van der Waals surface area contributed by atoms with Crippen LogP contribution in [0.5, 0.6) is 0 Å². The zero-order valence-corrected chi connectivity index (χ0v) is 17.7. The van der Waals surface area contributed by atoms with Crippen molar-refractivity contribution >= 4 is 23.7 Å². The molecule has 0 saturated carbocycles. The van der Waals surface area contributed by atoms with E-state index in [4.69, 9.17) is 0 Å². The van der Waals surface area contributed by atoms with Gasteiger partial charge in [-0.15, -0.1) is 0 Å². The number of carbonyl (C=O) groups is 2. The zero-order valence-electron chi connectivity index (χ0n) is 17.7. The normalized spacial score (nSPS) is 14.4. The standard InChI is InChI=1S/C23H30N4O2/c1-16(2)19-6-5-7-20(17(3)4)22(19)25-18-8-9-21(24-14-18)23(29)27-12-10-26(15-28)11-13-27/h5-9,14-17,25H,10-13H2,1-4H3. The van der Waals surface area contributed by atoms with E-state index in [2.05, 4.69) is 56.2 Å². The largest absolute Gasteiger partial charge is 0.354 e. The van der Waals surface area contributed by atoms with Gasteiger partial charge in [-0.05, 0) is 35.1 Å². The number of hydrogen-bond acceptors (Lipinski definition) is 4. The van der Waals surface area contributed by atoms with Crippen LogP contribution in [0.2, 0.25) is 0 Å². The Morgan fingerprint density at radius 2 is 1.62 bits per heavy atom. The molecule has 3 rings (SSSR count). The highest BCUT2D eigenvalue weighted by atomic mass is 16.2. The third-order valence-electron chi connectivity index (χ3n) is 5.38. The molecule has 0 aliphatic carbocycles. The highest BCUT2D eigenvalue weighted by molar-refractivity contribution is 5.92. The molecule has 0 radical (unpaired) electrons. The molecule has 2 heterocycles. The molecule has 0 atom stereocenters. The summed E-state index contributed by atoms with van der Waals surface area (Å²) in [6.07, 6.45) is 2.55. The second kappa shape index (κ2) is 9.07. The molecule has 6 heteroatoms. The van der Waals surface area contributed by atoms with E-state index in [1.807, 2.05) is 6.07 Å². The molecule has 2 amide bonds. The van der Waals surface area contributed by atoms with Gasteiger partial charge < -0.3 is 15.1 Å². The van der Waals surface area contributed by atoms with Gasteiger partial charge in [-0.2, -0.15) is 0 Å². The second-order valence-electron chi connectivity index (χ2n) is 8.11. The number of pyridine rings is 1. The molecule has 29 heavy (non-hydrogen) atoms. The molecule has 1 aromatic heterocycles. The molecule has 2 aromatic rings. The lowest BCUT2D eigenvalue weighted by Gasteiger charge is -2.32. The van der Waals surface area contributed by atoms with E-state index in [1.54, 1.807) is 22.1 Å². The first-order valence-electron chi connectivity index (χ1n) is 10.2. The van der Waals surface area contributed by atoms with Gasteiger partial charge in [-0.25, -0.2) is 4.98 Å². The molecule has 1 aliphatic rings. The van der Waals surface area contributed by atoms with Crippen LogP contribution in [-0.2, 0) is 4.79 Å².